The average molecular weight is 461 g/mol. The molecule has 0 spiro atoms. The van der Waals surface area contributed by atoms with E-state index in [1.165, 1.54) is 14.2 Å². The lowest BCUT2D eigenvalue weighted by Crippen LogP contribution is -2.35. The van der Waals surface area contributed by atoms with E-state index in [9.17, 15) is 18.0 Å². The molecule has 0 bridgehead atoms. The Labute approximate surface area is 185 Å². The minimum atomic E-state index is -4.13. The Bertz CT molecular complexity index is 1210. The number of benzene rings is 2. The van der Waals surface area contributed by atoms with Crippen LogP contribution in [0.15, 0.2) is 53.4 Å². The van der Waals surface area contributed by atoms with E-state index in [1.807, 2.05) is 12.1 Å². The summed E-state index contributed by atoms with van der Waals surface area (Å²) in [5, 5.41) is 3.13. The highest BCUT2D eigenvalue weighted by atomic mass is 32.2. The number of esters is 1. The number of nitrogens with one attached hydrogen (secondary N) is 1. The molecule has 0 saturated heterocycles. The van der Waals surface area contributed by atoms with Crippen LogP contribution in [0.4, 0.5) is 5.69 Å². The van der Waals surface area contributed by atoms with Gasteiger partial charge in [-0.05, 0) is 29.7 Å². The Morgan fingerprint density at radius 3 is 2.35 bits per heavy atom. The maximum absolute atomic E-state index is 13.3. The third-order valence-corrected chi connectivity index (χ3v) is 7.99. The summed E-state index contributed by atoms with van der Waals surface area (Å²) in [6.07, 6.45) is 0. The van der Waals surface area contributed by atoms with Crippen molar-refractivity contribution in [2.24, 2.45) is 0 Å². The molecule has 1 amide bonds. The van der Waals surface area contributed by atoms with Crippen molar-refractivity contribution >= 4 is 49.0 Å². The van der Waals surface area contributed by atoms with Gasteiger partial charge >= 0.3 is 5.97 Å². The summed E-state index contributed by atoms with van der Waals surface area (Å²) in [6.45, 7) is 3.74. The highest BCUT2D eigenvalue weighted by molar-refractivity contribution is 7.89. The molecule has 9 heteroatoms. The first-order valence-corrected chi connectivity index (χ1v) is 11.9. The number of nitrogens with zero attached hydrogens (tertiary/aromatic N) is 1. The molecule has 0 unspecified atom stereocenters. The van der Waals surface area contributed by atoms with Crippen LogP contribution in [0, 0.1) is 0 Å². The fourth-order valence-corrected chi connectivity index (χ4v) is 5.99. The highest BCUT2D eigenvalue weighted by Crippen LogP contribution is 2.36. The number of hydrogen-bond acceptors (Lipinski definition) is 6. The summed E-state index contributed by atoms with van der Waals surface area (Å²) in [7, 11) is -1.62. The van der Waals surface area contributed by atoms with Gasteiger partial charge in [0.2, 0.25) is 15.9 Å². The molecule has 0 aliphatic carbocycles. The molecule has 1 heterocycles. The number of anilines is 1. The van der Waals surface area contributed by atoms with Gasteiger partial charge < -0.3 is 10.1 Å². The molecule has 3 aromatic rings. The molecule has 0 atom stereocenters. The molecule has 1 N–H and O–H groups in total. The molecule has 0 fully saturated rings. The van der Waals surface area contributed by atoms with Gasteiger partial charge in [-0.2, -0.15) is 4.31 Å². The number of carbonyl (C=O) groups is 2. The number of likely N-dealkylation sites (N-methyl/N-ethyl adjacent to an activating group) is 1. The number of thiophene rings is 1. The SMILES string of the molecule is COC(=O)c1sc2ccccc2c1S(=O)(=O)N(C)CC(=O)Nc1ccc(C(C)C)cc1. The average Bonchev–Trinajstić information content (AvgIpc) is 3.13. The quantitative estimate of drug-likeness (QED) is 0.537. The van der Waals surface area contributed by atoms with Gasteiger partial charge in [-0.25, -0.2) is 13.2 Å². The third-order valence-electron chi connectivity index (χ3n) is 4.82. The normalized spacial score (nSPS) is 11.8. The second-order valence-electron chi connectivity index (χ2n) is 7.33. The molecular formula is C22H24N2O5S2. The standard InChI is InChI=1S/C22H24N2O5S2/c1-14(2)15-9-11-16(12-10-15)23-19(25)13-24(3)31(27,28)21-17-7-5-6-8-18(17)30-20(21)22(26)29-4/h5-12,14H,13H2,1-4H3,(H,23,25). The van der Waals surface area contributed by atoms with Crippen LogP contribution in [0.3, 0.4) is 0 Å². The number of fused-ring (bicyclic) bond motifs is 1. The van der Waals surface area contributed by atoms with E-state index < -0.39 is 28.4 Å². The van der Waals surface area contributed by atoms with Crippen molar-refractivity contribution in [1.29, 1.82) is 0 Å². The van der Waals surface area contributed by atoms with Gasteiger partial charge in [-0.1, -0.05) is 44.2 Å². The summed E-state index contributed by atoms with van der Waals surface area (Å²) in [5.74, 6) is -0.851. The van der Waals surface area contributed by atoms with Crippen LogP contribution in [0.5, 0.6) is 0 Å². The molecule has 7 nitrogen and oxygen atoms in total. The van der Waals surface area contributed by atoms with Crippen LogP contribution >= 0.6 is 11.3 Å². The molecule has 3 rings (SSSR count). The summed E-state index contributed by atoms with van der Waals surface area (Å²) >= 11 is 1.05. The second kappa shape index (κ2) is 9.17. The van der Waals surface area contributed by atoms with E-state index in [4.69, 9.17) is 4.74 Å². The molecule has 2 aromatic carbocycles. The molecule has 0 aliphatic rings. The zero-order chi connectivity index (χ0) is 22.8. The molecular weight excluding hydrogens is 436 g/mol. The van der Waals surface area contributed by atoms with Crippen molar-refractivity contribution in [2.45, 2.75) is 24.7 Å². The minimum Gasteiger partial charge on any atom is -0.465 e. The van der Waals surface area contributed by atoms with Gasteiger partial charge in [-0.15, -0.1) is 11.3 Å². The van der Waals surface area contributed by atoms with Gasteiger partial charge in [0.15, 0.2) is 0 Å². The Balaban J connectivity index is 1.85. The van der Waals surface area contributed by atoms with Crippen LogP contribution in [-0.2, 0) is 19.6 Å². The number of rotatable bonds is 7. The lowest BCUT2D eigenvalue weighted by atomic mass is 10.0. The number of hydrogen-bond donors (Lipinski definition) is 1. The number of carbonyl (C=O) groups excluding carboxylic acids is 2. The van der Waals surface area contributed by atoms with Crippen LogP contribution in [-0.4, -0.2) is 45.3 Å². The summed E-state index contributed by atoms with van der Waals surface area (Å²) in [4.78, 5) is 24.6. The van der Waals surface area contributed by atoms with Crippen molar-refractivity contribution in [2.75, 3.05) is 26.0 Å². The maximum Gasteiger partial charge on any atom is 0.349 e. The van der Waals surface area contributed by atoms with Crippen molar-refractivity contribution in [3.8, 4) is 0 Å². The number of amides is 1. The lowest BCUT2D eigenvalue weighted by Gasteiger charge is -2.17. The summed E-state index contributed by atoms with van der Waals surface area (Å²) in [5.41, 5.74) is 1.72. The predicted octanol–water partition coefficient (Wildman–Crippen LogP) is 4.07. The van der Waals surface area contributed by atoms with E-state index in [0.717, 1.165) is 21.2 Å². The van der Waals surface area contributed by atoms with Crippen LogP contribution in [0.25, 0.3) is 10.1 Å². The highest BCUT2D eigenvalue weighted by Gasteiger charge is 2.32. The first-order valence-electron chi connectivity index (χ1n) is 9.61. The van der Waals surface area contributed by atoms with Crippen molar-refractivity contribution < 1.29 is 22.7 Å². The molecule has 0 aliphatic heterocycles. The Kier molecular flexibility index (Phi) is 6.78. The van der Waals surface area contributed by atoms with E-state index in [2.05, 4.69) is 19.2 Å². The Hall–Kier alpha value is -2.75. The molecule has 1 aromatic heterocycles. The number of methoxy groups -OCH3 is 1. The smallest absolute Gasteiger partial charge is 0.349 e. The maximum atomic E-state index is 13.3. The minimum absolute atomic E-state index is 0.0137. The molecule has 31 heavy (non-hydrogen) atoms. The van der Waals surface area contributed by atoms with Crippen molar-refractivity contribution in [3.63, 3.8) is 0 Å². The van der Waals surface area contributed by atoms with Gasteiger partial charge in [0.1, 0.15) is 9.77 Å². The molecule has 0 saturated carbocycles. The lowest BCUT2D eigenvalue weighted by molar-refractivity contribution is -0.116. The molecule has 164 valence electrons. The van der Waals surface area contributed by atoms with Crippen LogP contribution in [0.1, 0.15) is 35.0 Å². The largest absolute Gasteiger partial charge is 0.465 e. The third kappa shape index (κ3) is 4.79. The van der Waals surface area contributed by atoms with Crippen molar-refractivity contribution in [1.82, 2.24) is 4.31 Å². The van der Waals surface area contributed by atoms with Gasteiger partial charge in [0.05, 0.1) is 13.7 Å². The Morgan fingerprint density at radius 2 is 1.74 bits per heavy atom. The molecule has 0 radical (unpaired) electrons. The predicted molar refractivity (Wildman–Crippen MR) is 122 cm³/mol. The van der Waals surface area contributed by atoms with Crippen molar-refractivity contribution in [3.05, 3.63) is 59.0 Å². The van der Waals surface area contributed by atoms with Crippen LogP contribution < -0.4 is 5.32 Å². The Morgan fingerprint density at radius 1 is 1.10 bits per heavy atom. The van der Waals surface area contributed by atoms with E-state index >= 15 is 0 Å². The monoisotopic (exact) mass is 460 g/mol. The number of ether oxygens (including phenoxy) is 1. The fraction of sp³-hybridized carbons (Fsp3) is 0.273. The topological polar surface area (TPSA) is 92.8 Å². The summed E-state index contributed by atoms with van der Waals surface area (Å²) < 4.78 is 33.0. The van der Waals surface area contributed by atoms with E-state index in [0.29, 0.717) is 21.7 Å². The van der Waals surface area contributed by atoms with Crippen LogP contribution in [0.2, 0.25) is 0 Å². The second-order valence-corrected chi connectivity index (χ2v) is 10.4. The van der Waals surface area contributed by atoms with E-state index in [1.54, 1.807) is 36.4 Å². The summed E-state index contributed by atoms with van der Waals surface area (Å²) in [6, 6.07) is 14.2. The van der Waals surface area contributed by atoms with Gasteiger partial charge in [0, 0.05) is 22.8 Å². The zero-order valence-corrected chi connectivity index (χ0v) is 19.3. The fourth-order valence-electron chi connectivity index (χ4n) is 3.10. The first-order chi connectivity index (χ1) is 14.6. The zero-order valence-electron chi connectivity index (χ0n) is 17.7. The van der Waals surface area contributed by atoms with Gasteiger partial charge in [-0.3, -0.25) is 4.79 Å². The van der Waals surface area contributed by atoms with E-state index in [-0.39, 0.29) is 9.77 Å². The van der Waals surface area contributed by atoms with Gasteiger partial charge in [0.25, 0.3) is 0 Å². The first kappa shape index (κ1) is 22.9. The number of sulfonamides is 1.